The van der Waals surface area contributed by atoms with E-state index < -0.39 is 0 Å². The summed E-state index contributed by atoms with van der Waals surface area (Å²) in [6, 6.07) is 21.0. The lowest BCUT2D eigenvalue weighted by Gasteiger charge is -2.35. The van der Waals surface area contributed by atoms with Crippen LogP contribution in [0.25, 0.3) is 32.3 Å². The Labute approximate surface area is 173 Å². The van der Waals surface area contributed by atoms with Crippen LogP contribution in [0.15, 0.2) is 54.6 Å². The number of nitrogens with one attached hydrogen (secondary N) is 1. The topological polar surface area (TPSA) is 15.3 Å². The van der Waals surface area contributed by atoms with Gasteiger partial charge in [-0.3, -0.25) is 4.90 Å². The smallest absolute Gasteiger partial charge is 0.0352 e. The van der Waals surface area contributed by atoms with Crippen LogP contribution in [0.5, 0.6) is 0 Å². The summed E-state index contributed by atoms with van der Waals surface area (Å²) in [5.74, 6) is 0. The second-order valence-electron chi connectivity index (χ2n) is 7.22. The molecule has 1 aliphatic rings. The standard InChI is InChI=1S/C23H24N2.2ClH/c1-2-21(25-14-12-24-13-15-25)19-10-8-18-7-6-16-4-3-5-17-9-11-20(19)23(18)22(16)17;;/h3-11,21,24H,2,12-15H2,1H3;2*1H/t21-;;/m1../s1. The summed E-state index contributed by atoms with van der Waals surface area (Å²) in [7, 11) is 0. The second-order valence-corrected chi connectivity index (χ2v) is 7.22. The highest BCUT2D eigenvalue weighted by molar-refractivity contribution is 6.23. The molecular weight excluding hydrogens is 375 g/mol. The van der Waals surface area contributed by atoms with Crippen LogP contribution in [0.1, 0.15) is 24.9 Å². The molecule has 142 valence electrons. The Hall–Kier alpha value is -1.58. The normalized spacial score (nSPS) is 16.3. The van der Waals surface area contributed by atoms with Gasteiger partial charge in [-0.05, 0) is 44.3 Å². The van der Waals surface area contributed by atoms with Gasteiger partial charge in [-0.15, -0.1) is 24.8 Å². The zero-order chi connectivity index (χ0) is 16.8. The van der Waals surface area contributed by atoms with E-state index in [0.717, 1.165) is 32.6 Å². The van der Waals surface area contributed by atoms with Crippen molar-refractivity contribution in [2.75, 3.05) is 26.2 Å². The van der Waals surface area contributed by atoms with E-state index in [-0.39, 0.29) is 24.8 Å². The van der Waals surface area contributed by atoms with Gasteiger partial charge in [0.1, 0.15) is 0 Å². The van der Waals surface area contributed by atoms with E-state index in [1.807, 2.05) is 0 Å². The molecule has 1 heterocycles. The molecule has 0 spiro atoms. The summed E-state index contributed by atoms with van der Waals surface area (Å²) in [5, 5.41) is 11.8. The van der Waals surface area contributed by atoms with Crippen LogP contribution in [0.3, 0.4) is 0 Å². The molecule has 4 aromatic carbocycles. The van der Waals surface area contributed by atoms with Crippen LogP contribution in [0.2, 0.25) is 0 Å². The summed E-state index contributed by atoms with van der Waals surface area (Å²) < 4.78 is 0. The average molecular weight is 401 g/mol. The number of piperazine rings is 1. The molecule has 4 heteroatoms. The fourth-order valence-corrected chi connectivity index (χ4v) is 4.72. The predicted octanol–water partition coefficient (Wildman–Crippen LogP) is 5.78. The molecule has 0 unspecified atom stereocenters. The summed E-state index contributed by atoms with van der Waals surface area (Å²) in [5.41, 5.74) is 1.50. The minimum atomic E-state index is 0. The van der Waals surface area contributed by atoms with Crippen LogP contribution in [-0.2, 0) is 0 Å². The zero-order valence-electron chi connectivity index (χ0n) is 15.6. The molecular formula is C23H26Cl2N2. The molecule has 1 fully saturated rings. The number of hydrogen-bond donors (Lipinski definition) is 1. The van der Waals surface area contributed by atoms with Gasteiger partial charge in [0, 0.05) is 32.2 Å². The first kappa shape index (κ1) is 20.2. The van der Waals surface area contributed by atoms with E-state index in [9.17, 15) is 0 Å². The first-order chi connectivity index (χ1) is 12.4. The lowest BCUT2D eigenvalue weighted by atomic mass is 9.89. The number of nitrogens with zero attached hydrogens (tertiary/aromatic N) is 1. The van der Waals surface area contributed by atoms with E-state index in [2.05, 4.69) is 71.7 Å². The van der Waals surface area contributed by atoms with Gasteiger partial charge >= 0.3 is 0 Å². The van der Waals surface area contributed by atoms with Crippen molar-refractivity contribution in [2.24, 2.45) is 0 Å². The van der Waals surface area contributed by atoms with Crippen LogP contribution in [0, 0.1) is 0 Å². The van der Waals surface area contributed by atoms with E-state index in [4.69, 9.17) is 0 Å². The van der Waals surface area contributed by atoms with Crippen molar-refractivity contribution in [2.45, 2.75) is 19.4 Å². The van der Waals surface area contributed by atoms with E-state index in [1.54, 1.807) is 0 Å². The Bertz CT molecular complexity index is 1020. The molecule has 0 saturated carbocycles. The minimum absolute atomic E-state index is 0. The van der Waals surface area contributed by atoms with Gasteiger partial charge in [-0.25, -0.2) is 0 Å². The Balaban J connectivity index is 0.00000105. The predicted molar refractivity (Wildman–Crippen MR) is 122 cm³/mol. The number of rotatable bonds is 3. The Kier molecular flexibility index (Phi) is 6.12. The Morgan fingerprint density at radius 3 is 2.07 bits per heavy atom. The molecule has 0 aliphatic carbocycles. The molecule has 5 rings (SSSR count). The van der Waals surface area contributed by atoms with Gasteiger partial charge in [-0.1, -0.05) is 61.5 Å². The molecule has 0 amide bonds. The first-order valence-corrected chi connectivity index (χ1v) is 9.48. The van der Waals surface area contributed by atoms with Gasteiger partial charge in [0.2, 0.25) is 0 Å². The van der Waals surface area contributed by atoms with Gasteiger partial charge in [0.15, 0.2) is 0 Å². The maximum Gasteiger partial charge on any atom is 0.0352 e. The highest BCUT2D eigenvalue weighted by Gasteiger charge is 2.23. The second kappa shape index (κ2) is 8.20. The molecule has 4 aromatic rings. The summed E-state index contributed by atoms with van der Waals surface area (Å²) >= 11 is 0. The lowest BCUT2D eigenvalue weighted by molar-refractivity contribution is 0.170. The van der Waals surface area contributed by atoms with Crippen molar-refractivity contribution in [3.63, 3.8) is 0 Å². The van der Waals surface area contributed by atoms with Crippen molar-refractivity contribution in [1.82, 2.24) is 10.2 Å². The van der Waals surface area contributed by atoms with Crippen LogP contribution < -0.4 is 5.32 Å². The van der Waals surface area contributed by atoms with E-state index in [1.165, 1.54) is 37.9 Å². The van der Waals surface area contributed by atoms with Crippen molar-refractivity contribution in [3.05, 3.63) is 60.2 Å². The van der Waals surface area contributed by atoms with Crippen LogP contribution >= 0.6 is 24.8 Å². The maximum absolute atomic E-state index is 3.48. The monoisotopic (exact) mass is 400 g/mol. The minimum Gasteiger partial charge on any atom is -0.314 e. The van der Waals surface area contributed by atoms with Crippen molar-refractivity contribution >= 4 is 57.1 Å². The average Bonchev–Trinajstić information content (AvgIpc) is 2.68. The fraction of sp³-hybridized carbons (Fsp3) is 0.304. The lowest BCUT2D eigenvalue weighted by Crippen LogP contribution is -2.45. The van der Waals surface area contributed by atoms with E-state index in [0.29, 0.717) is 6.04 Å². The van der Waals surface area contributed by atoms with Gasteiger partial charge in [0.05, 0.1) is 0 Å². The Morgan fingerprint density at radius 1 is 0.815 bits per heavy atom. The van der Waals surface area contributed by atoms with E-state index >= 15 is 0 Å². The number of halogens is 2. The summed E-state index contributed by atoms with van der Waals surface area (Å²) in [6.07, 6.45) is 1.16. The third-order valence-corrected chi connectivity index (χ3v) is 5.90. The fourth-order valence-electron chi connectivity index (χ4n) is 4.72. The highest BCUT2D eigenvalue weighted by Crippen LogP contribution is 2.39. The quantitative estimate of drug-likeness (QED) is 0.438. The van der Waals surface area contributed by atoms with Crippen LogP contribution in [0.4, 0.5) is 0 Å². The molecule has 2 nitrogen and oxygen atoms in total. The zero-order valence-corrected chi connectivity index (χ0v) is 17.2. The molecule has 1 aliphatic heterocycles. The van der Waals surface area contributed by atoms with Crippen molar-refractivity contribution < 1.29 is 0 Å². The van der Waals surface area contributed by atoms with Crippen molar-refractivity contribution in [1.29, 1.82) is 0 Å². The third kappa shape index (κ3) is 3.25. The van der Waals surface area contributed by atoms with Crippen LogP contribution in [-0.4, -0.2) is 31.1 Å². The summed E-state index contributed by atoms with van der Waals surface area (Å²) in [6.45, 7) is 6.80. The van der Waals surface area contributed by atoms with Crippen molar-refractivity contribution in [3.8, 4) is 0 Å². The summed E-state index contributed by atoms with van der Waals surface area (Å²) in [4.78, 5) is 2.66. The maximum atomic E-state index is 3.48. The SMILES string of the molecule is CC[C@H](c1ccc2ccc3cccc4ccc1c2c34)N1CCNCC1.Cl.Cl. The van der Waals surface area contributed by atoms with Gasteiger partial charge in [-0.2, -0.15) is 0 Å². The molecule has 0 aromatic heterocycles. The first-order valence-electron chi connectivity index (χ1n) is 9.48. The molecule has 0 bridgehead atoms. The molecule has 0 radical (unpaired) electrons. The largest absolute Gasteiger partial charge is 0.314 e. The highest BCUT2D eigenvalue weighted by atomic mass is 35.5. The Morgan fingerprint density at radius 2 is 1.41 bits per heavy atom. The van der Waals surface area contributed by atoms with Gasteiger partial charge < -0.3 is 5.32 Å². The molecule has 1 N–H and O–H groups in total. The molecule has 27 heavy (non-hydrogen) atoms. The third-order valence-electron chi connectivity index (χ3n) is 5.90. The number of benzene rings is 4. The molecule has 1 saturated heterocycles. The van der Waals surface area contributed by atoms with Gasteiger partial charge in [0.25, 0.3) is 0 Å². The molecule has 1 atom stereocenters. The number of hydrogen-bond acceptors (Lipinski definition) is 2.